The van der Waals surface area contributed by atoms with E-state index >= 15 is 0 Å². The molecule has 0 aromatic heterocycles. The average Bonchev–Trinajstić information content (AvgIpc) is 2.82. The topological polar surface area (TPSA) is 12.0 Å². The maximum absolute atomic E-state index is 3.53. The summed E-state index contributed by atoms with van der Waals surface area (Å²) in [6.07, 6.45) is 0. The van der Waals surface area contributed by atoms with Crippen LogP contribution >= 0.6 is 11.8 Å². The molecule has 1 aliphatic heterocycles. The van der Waals surface area contributed by atoms with E-state index in [2.05, 4.69) is 47.8 Å². The van der Waals surface area contributed by atoms with Gasteiger partial charge in [-0.15, -0.1) is 11.8 Å². The van der Waals surface area contributed by atoms with E-state index in [1.807, 2.05) is 11.8 Å². The first-order valence-electron chi connectivity index (χ1n) is 5.28. The summed E-state index contributed by atoms with van der Waals surface area (Å²) < 4.78 is 0. The number of hydrogen-bond donors (Lipinski definition) is 1. The van der Waals surface area contributed by atoms with Gasteiger partial charge in [0.05, 0.1) is 5.37 Å². The number of thioether (sulfide) groups is 1. The minimum Gasteiger partial charge on any atom is -0.301 e. The highest BCUT2D eigenvalue weighted by Crippen LogP contribution is 2.34. The summed E-state index contributed by atoms with van der Waals surface area (Å²) in [5.41, 5.74) is 1.43. The van der Waals surface area contributed by atoms with Gasteiger partial charge in [-0.1, -0.05) is 42.5 Å². The van der Waals surface area contributed by atoms with Gasteiger partial charge in [-0.3, -0.25) is 0 Å². The van der Waals surface area contributed by atoms with Gasteiger partial charge in [0, 0.05) is 12.3 Å². The van der Waals surface area contributed by atoms with Gasteiger partial charge in [-0.2, -0.15) is 0 Å². The van der Waals surface area contributed by atoms with Crippen LogP contribution in [-0.4, -0.2) is 12.3 Å². The SMILES string of the molecule is c1ccc2c([C@@H]3NCCS3)cccc2c1. The third-order valence-corrected chi connectivity index (χ3v) is 4.02. The first kappa shape index (κ1) is 9.25. The fourth-order valence-corrected chi connectivity index (χ4v) is 3.20. The summed E-state index contributed by atoms with van der Waals surface area (Å²) in [7, 11) is 0. The summed E-state index contributed by atoms with van der Waals surface area (Å²) in [5.74, 6) is 1.22. The molecule has 2 aromatic carbocycles. The molecule has 1 saturated heterocycles. The number of rotatable bonds is 1. The van der Waals surface area contributed by atoms with Gasteiger partial charge in [-0.05, 0) is 16.3 Å². The van der Waals surface area contributed by atoms with E-state index in [1.54, 1.807) is 0 Å². The highest BCUT2D eigenvalue weighted by Gasteiger charge is 2.18. The maximum Gasteiger partial charge on any atom is 0.0796 e. The molecule has 76 valence electrons. The second-order valence-electron chi connectivity index (χ2n) is 3.77. The van der Waals surface area contributed by atoms with Crippen molar-refractivity contribution in [1.82, 2.24) is 5.32 Å². The Morgan fingerprint density at radius 1 is 1.07 bits per heavy atom. The summed E-state index contributed by atoms with van der Waals surface area (Å²) in [6, 6.07) is 15.2. The zero-order valence-corrected chi connectivity index (χ0v) is 9.26. The molecule has 15 heavy (non-hydrogen) atoms. The molecule has 0 saturated carbocycles. The molecule has 2 heteroatoms. The molecule has 0 aliphatic carbocycles. The summed E-state index contributed by atoms with van der Waals surface area (Å²) in [5, 5.41) is 6.73. The Morgan fingerprint density at radius 3 is 2.80 bits per heavy atom. The maximum atomic E-state index is 3.53. The lowest BCUT2D eigenvalue weighted by Crippen LogP contribution is -2.12. The minimum atomic E-state index is 0.483. The predicted octanol–water partition coefficient (Wildman–Crippen LogP) is 3.17. The van der Waals surface area contributed by atoms with E-state index in [-0.39, 0.29) is 0 Å². The van der Waals surface area contributed by atoms with Gasteiger partial charge >= 0.3 is 0 Å². The minimum absolute atomic E-state index is 0.483. The van der Waals surface area contributed by atoms with Gasteiger partial charge in [0.2, 0.25) is 0 Å². The lowest BCUT2D eigenvalue weighted by atomic mass is 10.0. The van der Waals surface area contributed by atoms with Crippen molar-refractivity contribution in [3.05, 3.63) is 48.0 Å². The molecule has 1 fully saturated rings. The molecule has 1 atom stereocenters. The van der Waals surface area contributed by atoms with Crippen molar-refractivity contribution in [1.29, 1.82) is 0 Å². The van der Waals surface area contributed by atoms with Crippen LogP contribution in [0.1, 0.15) is 10.9 Å². The molecule has 1 heterocycles. The Kier molecular flexibility index (Phi) is 2.39. The van der Waals surface area contributed by atoms with E-state index in [9.17, 15) is 0 Å². The molecule has 0 radical (unpaired) electrons. The van der Waals surface area contributed by atoms with Crippen molar-refractivity contribution in [2.24, 2.45) is 0 Å². The number of nitrogens with one attached hydrogen (secondary N) is 1. The van der Waals surface area contributed by atoms with E-state index in [4.69, 9.17) is 0 Å². The van der Waals surface area contributed by atoms with Crippen molar-refractivity contribution in [3.8, 4) is 0 Å². The van der Waals surface area contributed by atoms with Crippen LogP contribution in [0.2, 0.25) is 0 Å². The number of fused-ring (bicyclic) bond motifs is 1. The van der Waals surface area contributed by atoms with Crippen LogP contribution in [0.4, 0.5) is 0 Å². The van der Waals surface area contributed by atoms with Crippen LogP contribution in [0.5, 0.6) is 0 Å². The number of hydrogen-bond acceptors (Lipinski definition) is 2. The molecular formula is C13H13NS. The summed E-state index contributed by atoms with van der Waals surface area (Å²) in [4.78, 5) is 0. The third-order valence-electron chi connectivity index (χ3n) is 2.82. The van der Waals surface area contributed by atoms with Gasteiger partial charge in [0.25, 0.3) is 0 Å². The molecule has 1 N–H and O–H groups in total. The predicted molar refractivity (Wildman–Crippen MR) is 67.1 cm³/mol. The van der Waals surface area contributed by atoms with E-state index in [0.29, 0.717) is 5.37 Å². The zero-order chi connectivity index (χ0) is 10.1. The molecule has 0 amide bonds. The van der Waals surface area contributed by atoms with Crippen LogP contribution in [0.15, 0.2) is 42.5 Å². The second-order valence-corrected chi connectivity index (χ2v) is 4.99. The lowest BCUT2D eigenvalue weighted by Gasteiger charge is -2.12. The fourth-order valence-electron chi connectivity index (χ4n) is 2.10. The van der Waals surface area contributed by atoms with Crippen molar-refractivity contribution < 1.29 is 0 Å². The van der Waals surface area contributed by atoms with Crippen molar-refractivity contribution in [2.75, 3.05) is 12.3 Å². The van der Waals surface area contributed by atoms with Gasteiger partial charge < -0.3 is 5.32 Å². The Hall–Kier alpha value is -0.990. The fraction of sp³-hybridized carbons (Fsp3) is 0.231. The van der Waals surface area contributed by atoms with Crippen molar-refractivity contribution in [2.45, 2.75) is 5.37 Å². The first-order chi connectivity index (χ1) is 7.45. The Morgan fingerprint density at radius 2 is 1.93 bits per heavy atom. The molecule has 1 aliphatic rings. The molecular weight excluding hydrogens is 202 g/mol. The van der Waals surface area contributed by atoms with Crippen molar-refractivity contribution in [3.63, 3.8) is 0 Å². The van der Waals surface area contributed by atoms with Crippen LogP contribution < -0.4 is 5.32 Å². The molecule has 0 spiro atoms. The zero-order valence-electron chi connectivity index (χ0n) is 8.44. The van der Waals surface area contributed by atoms with Gasteiger partial charge in [0.15, 0.2) is 0 Å². The highest BCUT2D eigenvalue weighted by atomic mass is 32.2. The highest BCUT2D eigenvalue weighted by molar-refractivity contribution is 7.99. The number of benzene rings is 2. The third kappa shape index (κ3) is 1.64. The van der Waals surface area contributed by atoms with E-state index in [1.165, 1.54) is 22.1 Å². The normalized spacial score (nSPS) is 20.9. The van der Waals surface area contributed by atoms with Crippen LogP contribution in [0.3, 0.4) is 0 Å². The van der Waals surface area contributed by atoms with Crippen LogP contribution in [0, 0.1) is 0 Å². The Labute approximate surface area is 93.9 Å². The Bertz CT molecular complexity index is 469. The van der Waals surface area contributed by atoms with Gasteiger partial charge in [-0.25, -0.2) is 0 Å². The average molecular weight is 215 g/mol. The van der Waals surface area contributed by atoms with Crippen molar-refractivity contribution >= 4 is 22.5 Å². The summed E-state index contributed by atoms with van der Waals surface area (Å²) in [6.45, 7) is 1.12. The van der Waals surface area contributed by atoms with Crippen LogP contribution in [0.25, 0.3) is 10.8 Å². The largest absolute Gasteiger partial charge is 0.301 e. The summed E-state index contributed by atoms with van der Waals surface area (Å²) >= 11 is 2.00. The lowest BCUT2D eigenvalue weighted by molar-refractivity contribution is 0.755. The second kappa shape index (κ2) is 3.87. The molecule has 0 bridgehead atoms. The van der Waals surface area contributed by atoms with Crippen LogP contribution in [-0.2, 0) is 0 Å². The molecule has 0 unspecified atom stereocenters. The first-order valence-corrected chi connectivity index (χ1v) is 6.33. The molecule has 1 nitrogen and oxygen atoms in total. The van der Waals surface area contributed by atoms with E-state index < -0.39 is 0 Å². The molecule has 3 rings (SSSR count). The monoisotopic (exact) mass is 215 g/mol. The smallest absolute Gasteiger partial charge is 0.0796 e. The van der Waals surface area contributed by atoms with Gasteiger partial charge in [0.1, 0.15) is 0 Å². The molecule has 2 aromatic rings. The Balaban J connectivity index is 2.16. The quantitative estimate of drug-likeness (QED) is 0.784. The standard InChI is InChI=1S/C13H13NS/c1-2-6-11-10(4-1)5-3-7-12(11)13-14-8-9-15-13/h1-7,13-14H,8-9H2/t13-/m1/s1. The van der Waals surface area contributed by atoms with E-state index in [0.717, 1.165) is 6.54 Å².